The van der Waals surface area contributed by atoms with E-state index in [1.165, 1.54) is 18.4 Å². The van der Waals surface area contributed by atoms with E-state index in [-0.39, 0.29) is 23.4 Å². The Balaban J connectivity index is 1.40. The number of allylic oxidation sites excluding steroid dienone is 2. The van der Waals surface area contributed by atoms with Gasteiger partial charge in [-0.05, 0) is 98.9 Å². The smallest absolute Gasteiger partial charge is 0.326 e. The van der Waals surface area contributed by atoms with Crippen LogP contribution < -0.4 is 5.32 Å². The predicted octanol–water partition coefficient (Wildman–Crippen LogP) is 4.30. The molecule has 0 aromatic rings. The average Bonchev–Trinajstić information content (AvgIpc) is 3.00. The molecule has 7 nitrogen and oxygen atoms in total. The van der Waals surface area contributed by atoms with E-state index in [1.807, 2.05) is 0 Å². The molecule has 3 fully saturated rings. The SMILES string of the molecule is CC(C)[C@H](NC(=O)CON=C1C=C2CC[C@@H]3[C@H](CC[C@@]4(C)[C@H]3CC[C@]4(C)O)[C@@]2(C)CC1)C(=O)O. The third-order valence-corrected chi connectivity index (χ3v) is 10.2. The largest absolute Gasteiger partial charge is 0.480 e. The molecule has 0 aliphatic heterocycles. The molecule has 0 heterocycles. The summed E-state index contributed by atoms with van der Waals surface area (Å²) in [6.07, 6.45) is 10.6. The van der Waals surface area contributed by atoms with Crippen LogP contribution in [0.15, 0.2) is 16.8 Å². The van der Waals surface area contributed by atoms with Crippen molar-refractivity contribution in [2.45, 2.75) is 97.6 Å². The second-order valence-electron chi connectivity index (χ2n) is 12.3. The maximum atomic E-state index is 12.1. The number of carboxylic acids is 1. The number of aliphatic carboxylic acids is 1. The molecule has 0 bridgehead atoms. The summed E-state index contributed by atoms with van der Waals surface area (Å²) in [6, 6.07) is -0.933. The fraction of sp³-hybridized carbons (Fsp3) is 0.815. The number of aliphatic hydroxyl groups is 1. The zero-order chi connectivity index (χ0) is 24.9. The Kier molecular flexibility index (Phi) is 6.64. The number of nitrogens with zero attached hydrogens (tertiary/aromatic N) is 1. The highest BCUT2D eigenvalue weighted by molar-refractivity contribution is 5.96. The van der Waals surface area contributed by atoms with Crippen LogP contribution in [0.4, 0.5) is 0 Å². The molecular formula is C27H42N2O5. The lowest BCUT2D eigenvalue weighted by Crippen LogP contribution is -2.53. The fourth-order valence-electron chi connectivity index (χ4n) is 7.79. The zero-order valence-corrected chi connectivity index (χ0v) is 21.4. The van der Waals surface area contributed by atoms with Crippen molar-refractivity contribution in [2.75, 3.05) is 6.61 Å². The zero-order valence-electron chi connectivity index (χ0n) is 21.4. The molecular weight excluding hydrogens is 432 g/mol. The van der Waals surface area contributed by atoms with E-state index in [4.69, 9.17) is 4.84 Å². The summed E-state index contributed by atoms with van der Waals surface area (Å²) in [4.78, 5) is 28.7. The molecule has 3 N–H and O–H groups in total. The minimum absolute atomic E-state index is 0.0384. The van der Waals surface area contributed by atoms with Crippen molar-refractivity contribution in [3.8, 4) is 0 Å². The summed E-state index contributed by atoms with van der Waals surface area (Å²) < 4.78 is 0. The number of carboxylic acid groups (broad SMARTS) is 1. The Hall–Kier alpha value is -1.89. The van der Waals surface area contributed by atoms with Crippen molar-refractivity contribution in [2.24, 2.45) is 39.7 Å². The molecule has 0 aromatic carbocycles. The van der Waals surface area contributed by atoms with Gasteiger partial charge in [0.15, 0.2) is 6.61 Å². The van der Waals surface area contributed by atoms with Crippen LogP contribution in [0.2, 0.25) is 0 Å². The third-order valence-electron chi connectivity index (χ3n) is 10.2. The van der Waals surface area contributed by atoms with Crippen molar-refractivity contribution in [3.05, 3.63) is 11.6 Å². The van der Waals surface area contributed by atoms with Crippen molar-refractivity contribution in [1.29, 1.82) is 0 Å². The molecule has 4 aliphatic carbocycles. The van der Waals surface area contributed by atoms with Gasteiger partial charge >= 0.3 is 5.97 Å². The van der Waals surface area contributed by atoms with Gasteiger partial charge in [0, 0.05) is 0 Å². The van der Waals surface area contributed by atoms with Crippen molar-refractivity contribution in [1.82, 2.24) is 5.32 Å². The van der Waals surface area contributed by atoms with Gasteiger partial charge in [-0.25, -0.2) is 4.79 Å². The molecule has 3 saturated carbocycles. The van der Waals surface area contributed by atoms with Gasteiger partial charge < -0.3 is 20.4 Å². The van der Waals surface area contributed by atoms with E-state index in [1.54, 1.807) is 13.8 Å². The van der Waals surface area contributed by atoms with Gasteiger partial charge in [0.25, 0.3) is 5.91 Å². The van der Waals surface area contributed by atoms with E-state index in [0.29, 0.717) is 17.8 Å². The van der Waals surface area contributed by atoms with Crippen LogP contribution in [0.1, 0.15) is 86.0 Å². The lowest BCUT2D eigenvalue weighted by atomic mass is 9.46. The number of nitrogens with one attached hydrogen (secondary N) is 1. The summed E-state index contributed by atoms with van der Waals surface area (Å²) >= 11 is 0. The Bertz CT molecular complexity index is 893. The van der Waals surface area contributed by atoms with E-state index < -0.39 is 23.5 Å². The summed E-state index contributed by atoms with van der Waals surface area (Å²) in [5.41, 5.74) is 1.97. The van der Waals surface area contributed by atoms with Gasteiger partial charge in [-0.1, -0.05) is 38.4 Å². The Morgan fingerprint density at radius 2 is 1.82 bits per heavy atom. The Morgan fingerprint density at radius 1 is 1.12 bits per heavy atom. The Labute approximate surface area is 203 Å². The van der Waals surface area contributed by atoms with E-state index >= 15 is 0 Å². The molecule has 0 radical (unpaired) electrons. The summed E-state index contributed by atoms with van der Waals surface area (Å²) in [7, 11) is 0. The van der Waals surface area contributed by atoms with Crippen LogP contribution in [-0.4, -0.2) is 46.1 Å². The highest BCUT2D eigenvalue weighted by Crippen LogP contribution is 2.67. The van der Waals surface area contributed by atoms with Crippen molar-refractivity contribution >= 4 is 17.6 Å². The highest BCUT2D eigenvalue weighted by atomic mass is 16.6. The number of fused-ring (bicyclic) bond motifs is 5. The number of rotatable bonds is 6. The van der Waals surface area contributed by atoms with Gasteiger partial charge in [-0.15, -0.1) is 0 Å². The number of oxime groups is 1. The number of carbonyl (C=O) groups excluding carboxylic acids is 1. The van der Waals surface area contributed by atoms with Crippen molar-refractivity contribution < 1.29 is 24.6 Å². The minimum atomic E-state index is -1.05. The summed E-state index contributed by atoms with van der Waals surface area (Å²) in [5.74, 6) is 0.199. The van der Waals surface area contributed by atoms with Gasteiger partial charge in [0.1, 0.15) is 6.04 Å². The highest BCUT2D eigenvalue weighted by Gasteiger charge is 2.62. The first kappa shape index (κ1) is 25.2. The number of hydrogen-bond acceptors (Lipinski definition) is 5. The minimum Gasteiger partial charge on any atom is -0.480 e. The Morgan fingerprint density at radius 3 is 2.50 bits per heavy atom. The quantitative estimate of drug-likeness (QED) is 0.498. The molecule has 0 saturated heterocycles. The molecule has 7 heteroatoms. The lowest BCUT2D eigenvalue weighted by Gasteiger charge is -2.59. The van der Waals surface area contributed by atoms with Crippen LogP contribution in [-0.2, 0) is 14.4 Å². The summed E-state index contributed by atoms with van der Waals surface area (Å²) in [6.45, 7) is 10.0. The van der Waals surface area contributed by atoms with E-state index in [2.05, 4.69) is 37.3 Å². The standard InChI is InChI=1S/C27H42N2O5/c1-16(2)23(24(31)32)28-22(30)15-34-29-18-8-11-25(3)17(14-18)6-7-19-20(25)9-12-26(4)21(19)10-13-27(26,5)33/h14,16,19-21,23,33H,6-13,15H2,1-5H3,(H,28,30)(H,31,32)/t19-,20+,21+,23+,25+,26+,27+/m1/s1. The second kappa shape index (κ2) is 8.96. The second-order valence-corrected chi connectivity index (χ2v) is 12.3. The maximum absolute atomic E-state index is 12.1. The number of amides is 1. The van der Waals surface area contributed by atoms with Crippen LogP contribution in [0, 0.1) is 34.5 Å². The first-order chi connectivity index (χ1) is 15.9. The van der Waals surface area contributed by atoms with Crippen LogP contribution in [0.25, 0.3) is 0 Å². The third kappa shape index (κ3) is 4.18. The molecule has 4 aliphatic rings. The molecule has 1 amide bonds. The molecule has 4 rings (SSSR count). The number of carbonyl (C=O) groups is 2. The molecule has 190 valence electrons. The lowest BCUT2D eigenvalue weighted by molar-refractivity contribution is -0.143. The monoisotopic (exact) mass is 474 g/mol. The van der Waals surface area contributed by atoms with Gasteiger partial charge in [0.05, 0.1) is 11.3 Å². The van der Waals surface area contributed by atoms with Gasteiger partial charge in [0.2, 0.25) is 0 Å². The van der Waals surface area contributed by atoms with Gasteiger partial charge in [-0.3, -0.25) is 4.79 Å². The summed E-state index contributed by atoms with van der Waals surface area (Å²) in [5, 5.41) is 27.0. The van der Waals surface area contributed by atoms with E-state index in [9.17, 15) is 19.8 Å². The van der Waals surface area contributed by atoms with Crippen molar-refractivity contribution in [3.63, 3.8) is 0 Å². The fourth-order valence-corrected chi connectivity index (χ4v) is 7.79. The van der Waals surface area contributed by atoms with E-state index in [0.717, 1.165) is 44.2 Å². The normalized spacial score (nSPS) is 41.2. The first-order valence-electron chi connectivity index (χ1n) is 13.0. The number of hydrogen-bond donors (Lipinski definition) is 3. The predicted molar refractivity (Wildman–Crippen MR) is 130 cm³/mol. The molecule has 34 heavy (non-hydrogen) atoms. The molecule has 0 aromatic heterocycles. The maximum Gasteiger partial charge on any atom is 0.326 e. The van der Waals surface area contributed by atoms with Crippen LogP contribution in [0.5, 0.6) is 0 Å². The van der Waals surface area contributed by atoms with Crippen LogP contribution >= 0.6 is 0 Å². The molecule has 7 atom stereocenters. The topological polar surface area (TPSA) is 108 Å². The first-order valence-corrected chi connectivity index (χ1v) is 13.0. The molecule has 0 spiro atoms. The molecule has 0 unspecified atom stereocenters. The van der Waals surface area contributed by atoms with Crippen LogP contribution in [0.3, 0.4) is 0 Å². The average molecular weight is 475 g/mol. The van der Waals surface area contributed by atoms with Gasteiger partial charge in [-0.2, -0.15) is 0 Å².